The van der Waals surface area contributed by atoms with E-state index in [0.717, 1.165) is 17.4 Å². The van der Waals surface area contributed by atoms with Crippen LogP contribution in [0.25, 0.3) is 0 Å². The summed E-state index contributed by atoms with van der Waals surface area (Å²) in [6.45, 7) is 0.302. The minimum absolute atomic E-state index is 0.0285. The van der Waals surface area contributed by atoms with Crippen molar-refractivity contribution in [2.24, 2.45) is 0 Å². The minimum atomic E-state index is -0.428. The molecule has 1 saturated heterocycles. The number of aromatic hydroxyl groups is 1. The third-order valence-electron chi connectivity index (χ3n) is 4.18. The number of benzene rings is 1. The summed E-state index contributed by atoms with van der Waals surface area (Å²) in [6, 6.07) is 8.35. The van der Waals surface area contributed by atoms with E-state index in [1.165, 1.54) is 0 Å². The third kappa shape index (κ3) is 4.38. The second-order valence-electron chi connectivity index (χ2n) is 5.99. The molecule has 0 aliphatic carbocycles. The Labute approximate surface area is 149 Å². The summed E-state index contributed by atoms with van der Waals surface area (Å²) in [5, 5.41) is 12.1. The summed E-state index contributed by atoms with van der Waals surface area (Å²) in [7, 11) is 1.62. The Morgan fingerprint density at radius 1 is 1.35 bits per heavy atom. The first-order valence-electron chi connectivity index (χ1n) is 8.27. The minimum Gasteiger partial charge on any atom is -0.497 e. The Balaban J connectivity index is 1.48. The van der Waals surface area contributed by atoms with Crippen LogP contribution in [0.2, 0.25) is 0 Å². The maximum absolute atomic E-state index is 12.3. The molecule has 1 fully saturated rings. The zero-order chi connectivity index (χ0) is 18.5. The fourth-order valence-electron chi connectivity index (χ4n) is 2.82. The van der Waals surface area contributed by atoms with Crippen LogP contribution in [-0.2, 0) is 11.2 Å². The van der Waals surface area contributed by atoms with Crippen LogP contribution in [-0.4, -0.2) is 40.7 Å². The Kier molecular flexibility index (Phi) is 5.49. The summed E-state index contributed by atoms with van der Waals surface area (Å²) in [5.41, 5.74) is 6.75. The monoisotopic (exact) mass is 359 g/mol. The SMILES string of the molecule is COc1ccc(C2CC(C(=O)NCCc3nc(O)cc(=O)[nH]3)NN2)cc1. The summed E-state index contributed by atoms with van der Waals surface area (Å²) in [4.78, 5) is 29.8. The Hall–Kier alpha value is -2.91. The first kappa shape index (κ1) is 17.9. The van der Waals surface area contributed by atoms with Crippen LogP contribution in [0.4, 0.5) is 0 Å². The van der Waals surface area contributed by atoms with Crippen LogP contribution < -0.4 is 26.5 Å². The molecule has 1 aromatic carbocycles. The van der Waals surface area contributed by atoms with Crippen molar-refractivity contribution in [2.75, 3.05) is 13.7 Å². The van der Waals surface area contributed by atoms with Gasteiger partial charge in [0.15, 0.2) is 0 Å². The number of H-pyrrole nitrogens is 1. The van der Waals surface area contributed by atoms with E-state index in [2.05, 4.69) is 26.1 Å². The summed E-state index contributed by atoms with van der Waals surface area (Å²) >= 11 is 0. The molecule has 2 atom stereocenters. The first-order chi connectivity index (χ1) is 12.5. The number of nitrogens with one attached hydrogen (secondary N) is 4. The molecule has 0 spiro atoms. The van der Waals surface area contributed by atoms with Crippen LogP contribution in [0.3, 0.4) is 0 Å². The number of rotatable bonds is 6. The van der Waals surface area contributed by atoms with Crippen molar-refractivity contribution in [3.05, 3.63) is 52.1 Å². The normalized spacial score (nSPS) is 19.3. The maximum atomic E-state index is 12.3. The highest BCUT2D eigenvalue weighted by atomic mass is 16.5. The number of aromatic nitrogens is 2. The Morgan fingerprint density at radius 3 is 2.81 bits per heavy atom. The molecule has 1 aromatic heterocycles. The molecule has 3 rings (SSSR count). The Morgan fingerprint density at radius 2 is 2.12 bits per heavy atom. The zero-order valence-electron chi connectivity index (χ0n) is 14.3. The molecule has 1 aliphatic heterocycles. The second-order valence-corrected chi connectivity index (χ2v) is 5.99. The molecule has 5 N–H and O–H groups in total. The van der Waals surface area contributed by atoms with E-state index in [0.29, 0.717) is 25.2 Å². The van der Waals surface area contributed by atoms with Crippen LogP contribution in [0.15, 0.2) is 35.1 Å². The van der Waals surface area contributed by atoms with Crippen molar-refractivity contribution in [1.82, 2.24) is 26.1 Å². The van der Waals surface area contributed by atoms with Gasteiger partial charge in [0.05, 0.1) is 13.2 Å². The first-order valence-corrected chi connectivity index (χ1v) is 8.27. The molecule has 0 saturated carbocycles. The van der Waals surface area contributed by atoms with Gasteiger partial charge in [-0.3, -0.25) is 9.59 Å². The number of hydrogen-bond donors (Lipinski definition) is 5. The molecular formula is C17H21N5O4. The van der Waals surface area contributed by atoms with E-state index in [4.69, 9.17) is 4.74 Å². The lowest BCUT2D eigenvalue weighted by Crippen LogP contribution is -2.43. The molecule has 0 radical (unpaired) electrons. The van der Waals surface area contributed by atoms with Crippen molar-refractivity contribution in [2.45, 2.75) is 24.9 Å². The molecule has 1 aliphatic rings. The molecule has 9 nitrogen and oxygen atoms in total. The average molecular weight is 359 g/mol. The topological polar surface area (TPSA) is 128 Å². The van der Waals surface area contributed by atoms with Gasteiger partial charge in [0.25, 0.3) is 5.56 Å². The van der Waals surface area contributed by atoms with Crippen LogP contribution in [0.5, 0.6) is 11.6 Å². The van der Waals surface area contributed by atoms with Gasteiger partial charge in [-0.2, -0.15) is 0 Å². The summed E-state index contributed by atoms with van der Waals surface area (Å²) in [6.07, 6.45) is 0.927. The van der Waals surface area contributed by atoms with Gasteiger partial charge in [-0.05, 0) is 24.1 Å². The van der Waals surface area contributed by atoms with Gasteiger partial charge in [0.2, 0.25) is 11.8 Å². The van der Waals surface area contributed by atoms with Gasteiger partial charge in [-0.1, -0.05) is 12.1 Å². The average Bonchev–Trinajstić information content (AvgIpc) is 3.11. The largest absolute Gasteiger partial charge is 0.497 e. The van der Waals surface area contributed by atoms with Gasteiger partial charge in [-0.15, -0.1) is 0 Å². The number of aromatic amines is 1. The summed E-state index contributed by atoms with van der Waals surface area (Å²) in [5.74, 6) is 0.631. The molecule has 0 bridgehead atoms. The number of amides is 1. The van der Waals surface area contributed by atoms with Crippen LogP contribution in [0.1, 0.15) is 23.9 Å². The molecule has 2 unspecified atom stereocenters. The van der Waals surface area contributed by atoms with E-state index in [1.54, 1.807) is 7.11 Å². The second kappa shape index (κ2) is 7.98. The van der Waals surface area contributed by atoms with Crippen molar-refractivity contribution in [3.8, 4) is 11.6 Å². The fourth-order valence-corrected chi connectivity index (χ4v) is 2.82. The maximum Gasteiger partial charge on any atom is 0.254 e. The third-order valence-corrected chi connectivity index (χ3v) is 4.18. The zero-order valence-corrected chi connectivity index (χ0v) is 14.3. The molecule has 138 valence electrons. The molecule has 2 aromatic rings. The van der Waals surface area contributed by atoms with Gasteiger partial charge in [-0.25, -0.2) is 15.8 Å². The molecule has 26 heavy (non-hydrogen) atoms. The molecular weight excluding hydrogens is 338 g/mol. The van der Waals surface area contributed by atoms with Crippen molar-refractivity contribution >= 4 is 5.91 Å². The number of nitrogens with zero attached hydrogens (tertiary/aromatic N) is 1. The molecule has 9 heteroatoms. The van der Waals surface area contributed by atoms with E-state index in [-0.39, 0.29) is 23.9 Å². The predicted octanol–water partition coefficient (Wildman–Crippen LogP) is -0.249. The lowest BCUT2D eigenvalue weighted by atomic mass is 10.0. The standard InChI is InChI=1S/C17H21N5O4/c1-26-11-4-2-10(3-5-11)12-8-13(22-21-12)17(25)18-7-6-14-19-15(23)9-16(24)20-14/h2-5,9,12-13,21-22H,6-8H2,1H3,(H,18,25)(H2,19,20,23,24). The van der Waals surface area contributed by atoms with Gasteiger partial charge < -0.3 is 20.1 Å². The number of hydrazine groups is 1. The van der Waals surface area contributed by atoms with Crippen molar-refractivity contribution < 1.29 is 14.6 Å². The molecule has 2 heterocycles. The van der Waals surface area contributed by atoms with E-state index < -0.39 is 5.56 Å². The van der Waals surface area contributed by atoms with Crippen LogP contribution >= 0.6 is 0 Å². The number of hydrogen-bond acceptors (Lipinski definition) is 7. The quantitative estimate of drug-likeness (QED) is 0.481. The number of methoxy groups -OCH3 is 1. The van der Waals surface area contributed by atoms with Gasteiger partial charge >= 0.3 is 0 Å². The number of carbonyl (C=O) groups is 1. The van der Waals surface area contributed by atoms with Gasteiger partial charge in [0.1, 0.15) is 17.6 Å². The van der Waals surface area contributed by atoms with E-state index >= 15 is 0 Å². The van der Waals surface area contributed by atoms with Crippen molar-refractivity contribution in [3.63, 3.8) is 0 Å². The fraction of sp³-hybridized carbons (Fsp3) is 0.353. The van der Waals surface area contributed by atoms with E-state index in [9.17, 15) is 14.7 Å². The Bertz CT molecular complexity index is 821. The predicted molar refractivity (Wildman–Crippen MR) is 93.6 cm³/mol. The number of carbonyl (C=O) groups excluding carboxylic acids is 1. The lowest BCUT2D eigenvalue weighted by Gasteiger charge is -2.11. The molecule has 1 amide bonds. The number of ether oxygens (including phenoxy) is 1. The van der Waals surface area contributed by atoms with Gasteiger partial charge in [0, 0.05) is 19.0 Å². The highest BCUT2D eigenvalue weighted by Gasteiger charge is 2.29. The smallest absolute Gasteiger partial charge is 0.254 e. The summed E-state index contributed by atoms with van der Waals surface area (Å²) < 4.78 is 5.14. The highest BCUT2D eigenvalue weighted by molar-refractivity contribution is 5.82. The van der Waals surface area contributed by atoms with E-state index in [1.807, 2.05) is 24.3 Å². The van der Waals surface area contributed by atoms with Crippen LogP contribution in [0, 0.1) is 0 Å². The highest BCUT2D eigenvalue weighted by Crippen LogP contribution is 2.24. The lowest BCUT2D eigenvalue weighted by molar-refractivity contribution is -0.122. The van der Waals surface area contributed by atoms with Crippen molar-refractivity contribution in [1.29, 1.82) is 0 Å².